The highest BCUT2D eigenvalue weighted by molar-refractivity contribution is 5.76. The number of carbonyl (C=O) groups excluding carboxylic acids is 1. The lowest BCUT2D eigenvalue weighted by Gasteiger charge is -2.30. The molecule has 0 aromatic heterocycles. The SMILES string of the molecule is O=C(O)[C@H]1CCCN(C(=O)NCCOCC(F)(F)F)C1. The number of aliphatic carboxylic acids is 1. The predicted molar refractivity (Wildman–Crippen MR) is 62.2 cm³/mol. The van der Waals surface area contributed by atoms with Gasteiger partial charge in [0, 0.05) is 19.6 Å². The number of urea groups is 1. The maximum atomic E-state index is 11.8. The Balaban J connectivity index is 2.20. The third kappa shape index (κ3) is 6.09. The summed E-state index contributed by atoms with van der Waals surface area (Å²) in [6, 6.07) is -0.480. The summed E-state index contributed by atoms with van der Waals surface area (Å²) >= 11 is 0. The van der Waals surface area contributed by atoms with E-state index in [1.807, 2.05) is 0 Å². The summed E-state index contributed by atoms with van der Waals surface area (Å²) in [7, 11) is 0. The van der Waals surface area contributed by atoms with Crippen LogP contribution in [0.2, 0.25) is 0 Å². The molecule has 0 aromatic carbocycles. The fourth-order valence-electron chi connectivity index (χ4n) is 1.89. The van der Waals surface area contributed by atoms with Crippen LogP contribution in [0.25, 0.3) is 0 Å². The van der Waals surface area contributed by atoms with Crippen molar-refractivity contribution in [3.63, 3.8) is 0 Å². The van der Waals surface area contributed by atoms with Crippen LogP contribution in [-0.4, -0.2) is 61.0 Å². The number of hydrogen-bond donors (Lipinski definition) is 2. The molecule has 0 radical (unpaired) electrons. The fraction of sp³-hybridized carbons (Fsp3) is 0.818. The number of amides is 2. The van der Waals surface area contributed by atoms with Crippen molar-refractivity contribution in [2.75, 3.05) is 32.8 Å². The number of alkyl halides is 3. The lowest BCUT2D eigenvalue weighted by Crippen LogP contribution is -2.47. The highest BCUT2D eigenvalue weighted by Gasteiger charge is 2.28. The molecule has 1 fully saturated rings. The van der Waals surface area contributed by atoms with Gasteiger partial charge in [0.1, 0.15) is 6.61 Å². The molecule has 1 heterocycles. The second-order valence-electron chi connectivity index (χ2n) is 4.52. The van der Waals surface area contributed by atoms with E-state index in [4.69, 9.17) is 5.11 Å². The van der Waals surface area contributed by atoms with Crippen LogP contribution in [0.15, 0.2) is 0 Å². The number of ether oxygens (including phenoxy) is 1. The Morgan fingerprint density at radius 1 is 1.40 bits per heavy atom. The zero-order chi connectivity index (χ0) is 15.2. The third-order valence-electron chi connectivity index (χ3n) is 2.85. The van der Waals surface area contributed by atoms with E-state index in [-0.39, 0.29) is 19.7 Å². The average Bonchev–Trinajstić information content (AvgIpc) is 2.37. The van der Waals surface area contributed by atoms with Crippen molar-refractivity contribution in [3.8, 4) is 0 Å². The van der Waals surface area contributed by atoms with Crippen molar-refractivity contribution in [2.24, 2.45) is 5.92 Å². The van der Waals surface area contributed by atoms with E-state index in [2.05, 4.69) is 10.1 Å². The first kappa shape index (κ1) is 16.5. The third-order valence-corrected chi connectivity index (χ3v) is 2.85. The summed E-state index contributed by atoms with van der Waals surface area (Å²) in [4.78, 5) is 23.9. The average molecular weight is 298 g/mol. The number of piperidine rings is 1. The number of nitrogens with one attached hydrogen (secondary N) is 1. The van der Waals surface area contributed by atoms with Crippen molar-refractivity contribution >= 4 is 12.0 Å². The maximum absolute atomic E-state index is 11.8. The first-order chi connectivity index (χ1) is 9.29. The highest BCUT2D eigenvalue weighted by atomic mass is 19.4. The maximum Gasteiger partial charge on any atom is 0.411 e. The number of rotatable bonds is 5. The van der Waals surface area contributed by atoms with Crippen LogP contribution in [0.4, 0.5) is 18.0 Å². The number of carbonyl (C=O) groups is 2. The number of likely N-dealkylation sites (tertiary alicyclic amines) is 1. The fourth-order valence-corrected chi connectivity index (χ4v) is 1.89. The van der Waals surface area contributed by atoms with Gasteiger partial charge >= 0.3 is 18.2 Å². The monoisotopic (exact) mass is 298 g/mol. The molecule has 0 unspecified atom stereocenters. The van der Waals surface area contributed by atoms with Gasteiger partial charge in [0.05, 0.1) is 12.5 Å². The molecular formula is C11H17F3N2O4. The van der Waals surface area contributed by atoms with E-state index in [9.17, 15) is 22.8 Å². The van der Waals surface area contributed by atoms with Gasteiger partial charge in [-0.05, 0) is 12.8 Å². The van der Waals surface area contributed by atoms with Gasteiger partial charge in [0.15, 0.2) is 0 Å². The number of nitrogens with zero attached hydrogens (tertiary/aromatic N) is 1. The molecule has 1 aliphatic rings. The molecule has 1 rings (SSSR count). The van der Waals surface area contributed by atoms with Gasteiger partial charge in [-0.1, -0.05) is 0 Å². The van der Waals surface area contributed by atoms with Crippen molar-refractivity contribution in [1.29, 1.82) is 0 Å². The molecule has 2 N–H and O–H groups in total. The molecule has 0 bridgehead atoms. The molecule has 0 aromatic rings. The molecule has 0 aliphatic carbocycles. The summed E-state index contributed by atoms with van der Waals surface area (Å²) in [5.41, 5.74) is 0. The van der Waals surface area contributed by atoms with Gasteiger partial charge < -0.3 is 20.1 Å². The molecule has 6 nitrogen and oxygen atoms in total. The number of carboxylic acids is 1. The minimum Gasteiger partial charge on any atom is -0.481 e. The minimum atomic E-state index is -4.38. The Morgan fingerprint density at radius 3 is 2.70 bits per heavy atom. The zero-order valence-electron chi connectivity index (χ0n) is 10.8. The standard InChI is InChI=1S/C11H17F3N2O4/c12-11(13,14)7-20-5-3-15-10(19)16-4-1-2-8(6-16)9(17)18/h8H,1-7H2,(H,15,19)(H,17,18)/t8-/m0/s1. The molecule has 20 heavy (non-hydrogen) atoms. The topological polar surface area (TPSA) is 78.9 Å². The number of halogens is 3. The molecule has 9 heteroatoms. The zero-order valence-corrected chi connectivity index (χ0v) is 10.8. The predicted octanol–water partition coefficient (Wildman–Crippen LogP) is 1.07. The minimum absolute atomic E-state index is 0.0524. The molecule has 0 saturated carbocycles. The van der Waals surface area contributed by atoms with Crippen molar-refractivity contribution in [2.45, 2.75) is 19.0 Å². The molecular weight excluding hydrogens is 281 g/mol. The smallest absolute Gasteiger partial charge is 0.411 e. The Labute approximate surface area is 113 Å². The molecule has 1 atom stereocenters. The van der Waals surface area contributed by atoms with Crippen molar-refractivity contribution < 1.29 is 32.6 Å². The van der Waals surface area contributed by atoms with E-state index >= 15 is 0 Å². The first-order valence-corrected chi connectivity index (χ1v) is 6.19. The summed E-state index contributed by atoms with van der Waals surface area (Å²) in [6.07, 6.45) is -3.27. The summed E-state index contributed by atoms with van der Waals surface area (Å²) in [6.45, 7) is -1.10. The van der Waals surface area contributed by atoms with E-state index in [1.54, 1.807) is 0 Å². The van der Waals surface area contributed by atoms with Gasteiger partial charge in [-0.15, -0.1) is 0 Å². The molecule has 116 valence electrons. The van der Waals surface area contributed by atoms with Crippen LogP contribution in [0.1, 0.15) is 12.8 Å². The highest BCUT2D eigenvalue weighted by Crippen LogP contribution is 2.16. The van der Waals surface area contributed by atoms with Gasteiger partial charge in [0.25, 0.3) is 0 Å². The Bertz CT molecular complexity index is 349. The van der Waals surface area contributed by atoms with Crippen LogP contribution >= 0.6 is 0 Å². The Morgan fingerprint density at radius 2 is 2.10 bits per heavy atom. The van der Waals surface area contributed by atoms with E-state index in [0.717, 1.165) is 0 Å². The van der Waals surface area contributed by atoms with E-state index < -0.39 is 30.7 Å². The van der Waals surface area contributed by atoms with Crippen molar-refractivity contribution in [1.82, 2.24) is 10.2 Å². The quantitative estimate of drug-likeness (QED) is 0.744. The van der Waals surface area contributed by atoms with Crippen LogP contribution in [0, 0.1) is 5.92 Å². The van der Waals surface area contributed by atoms with E-state index in [1.165, 1.54) is 4.90 Å². The number of hydrogen-bond acceptors (Lipinski definition) is 3. The normalized spacial score (nSPS) is 19.8. The van der Waals surface area contributed by atoms with Gasteiger partial charge in [0.2, 0.25) is 0 Å². The lowest BCUT2D eigenvalue weighted by molar-refractivity contribution is -0.173. The summed E-state index contributed by atoms with van der Waals surface area (Å²) in [5.74, 6) is -1.54. The second kappa shape index (κ2) is 7.32. The van der Waals surface area contributed by atoms with Crippen LogP contribution in [0.5, 0.6) is 0 Å². The van der Waals surface area contributed by atoms with Crippen LogP contribution < -0.4 is 5.32 Å². The summed E-state index contributed by atoms with van der Waals surface area (Å²) in [5, 5.41) is 11.3. The summed E-state index contributed by atoms with van der Waals surface area (Å²) < 4.78 is 39.7. The van der Waals surface area contributed by atoms with Gasteiger partial charge in [-0.3, -0.25) is 4.79 Å². The number of carboxylic acid groups (broad SMARTS) is 1. The van der Waals surface area contributed by atoms with Crippen LogP contribution in [-0.2, 0) is 9.53 Å². The molecule has 1 aliphatic heterocycles. The van der Waals surface area contributed by atoms with Crippen molar-refractivity contribution in [3.05, 3.63) is 0 Å². The second-order valence-corrected chi connectivity index (χ2v) is 4.52. The van der Waals surface area contributed by atoms with Crippen LogP contribution in [0.3, 0.4) is 0 Å². The molecule has 1 saturated heterocycles. The lowest BCUT2D eigenvalue weighted by atomic mass is 9.99. The van der Waals surface area contributed by atoms with Gasteiger partial charge in [-0.25, -0.2) is 4.79 Å². The Kier molecular flexibility index (Phi) is 6.05. The Hall–Kier alpha value is -1.51. The van der Waals surface area contributed by atoms with Gasteiger partial charge in [-0.2, -0.15) is 13.2 Å². The molecule has 0 spiro atoms. The first-order valence-electron chi connectivity index (χ1n) is 6.19. The van der Waals surface area contributed by atoms with E-state index in [0.29, 0.717) is 19.4 Å². The largest absolute Gasteiger partial charge is 0.481 e. The molecule has 2 amide bonds.